The lowest BCUT2D eigenvalue weighted by molar-refractivity contribution is 0.0948. The summed E-state index contributed by atoms with van der Waals surface area (Å²) in [6.07, 6.45) is 5.49. The van der Waals surface area contributed by atoms with Crippen molar-refractivity contribution in [1.29, 1.82) is 0 Å². The minimum atomic E-state index is -0.287. The van der Waals surface area contributed by atoms with Crippen LogP contribution in [0, 0.1) is 5.82 Å². The van der Waals surface area contributed by atoms with Crippen molar-refractivity contribution in [3.63, 3.8) is 0 Å². The first-order valence-corrected chi connectivity index (χ1v) is 8.84. The Balaban J connectivity index is 1.52. The molecule has 0 fully saturated rings. The normalized spacial score (nSPS) is 10.6. The molecule has 3 aromatic rings. The van der Waals surface area contributed by atoms with Crippen LogP contribution in [0.5, 0.6) is 5.75 Å². The van der Waals surface area contributed by atoms with Crippen LogP contribution in [-0.2, 0) is 20.1 Å². The van der Waals surface area contributed by atoms with E-state index in [9.17, 15) is 9.18 Å². The number of benzene rings is 2. The number of ether oxygens (including phenoxy) is 1. The SMILES string of the molecule is Cn1cc(CCCNC(=O)c2ccccc2OCc2ccc(F)cc2)cn1. The number of carbonyl (C=O) groups is 1. The first kappa shape index (κ1) is 18.6. The number of hydrogen-bond acceptors (Lipinski definition) is 3. The molecule has 140 valence electrons. The fourth-order valence-electron chi connectivity index (χ4n) is 2.71. The number of rotatable bonds is 8. The van der Waals surface area contributed by atoms with Crippen LogP contribution in [0.1, 0.15) is 27.9 Å². The standard InChI is InChI=1S/C21H22FN3O2/c1-25-14-17(13-24-25)5-4-12-23-21(26)19-6-2-3-7-20(19)27-15-16-8-10-18(22)11-9-16/h2-3,6-11,13-14H,4-5,12,15H2,1H3,(H,23,26). The van der Waals surface area contributed by atoms with Gasteiger partial charge in [0, 0.05) is 19.8 Å². The van der Waals surface area contributed by atoms with E-state index in [-0.39, 0.29) is 18.3 Å². The van der Waals surface area contributed by atoms with E-state index in [1.165, 1.54) is 12.1 Å². The van der Waals surface area contributed by atoms with E-state index in [1.807, 2.05) is 25.5 Å². The number of hydrogen-bond donors (Lipinski definition) is 1. The summed E-state index contributed by atoms with van der Waals surface area (Å²) < 4.78 is 20.5. The van der Waals surface area contributed by atoms with Crippen molar-refractivity contribution < 1.29 is 13.9 Å². The molecular formula is C21H22FN3O2. The lowest BCUT2D eigenvalue weighted by Gasteiger charge is -2.12. The van der Waals surface area contributed by atoms with E-state index < -0.39 is 0 Å². The second-order valence-corrected chi connectivity index (χ2v) is 6.29. The van der Waals surface area contributed by atoms with Crippen LogP contribution in [0.15, 0.2) is 60.9 Å². The molecule has 0 aliphatic carbocycles. The molecule has 1 heterocycles. The Bertz CT molecular complexity index is 890. The molecule has 1 amide bonds. The number of para-hydroxylation sites is 1. The molecule has 0 atom stereocenters. The predicted molar refractivity (Wildman–Crippen MR) is 101 cm³/mol. The molecule has 1 N–H and O–H groups in total. The molecule has 0 aliphatic heterocycles. The Morgan fingerprint density at radius 1 is 1.15 bits per heavy atom. The Morgan fingerprint density at radius 2 is 1.93 bits per heavy atom. The highest BCUT2D eigenvalue weighted by molar-refractivity contribution is 5.96. The van der Waals surface area contributed by atoms with E-state index in [4.69, 9.17) is 4.74 Å². The average molecular weight is 367 g/mol. The Morgan fingerprint density at radius 3 is 2.67 bits per heavy atom. The zero-order valence-corrected chi connectivity index (χ0v) is 15.2. The van der Waals surface area contributed by atoms with Crippen molar-refractivity contribution in [2.45, 2.75) is 19.4 Å². The van der Waals surface area contributed by atoms with Gasteiger partial charge in [0.15, 0.2) is 0 Å². The average Bonchev–Trinajstić information content (AvgIpc) is 3.10. The van der Waals surface area contributed by atoms with Gasteiger partial charge in [-0.15, -0.1) is 0 Å². The molecule has 0 spiro atoms. The van der Waals surface area contributed by atoms with Crippen LogP contribution in [0.2, 0.25) is 0 Å². The number of aryl methyl sites for hydroxylation is 2. The number of nitrogens with zero attached hydrogens (tertiary/aromatic N) is 2. The summed E-state index contributed by atoms with van der Waals surface area (Å²) in [5, 5.41) is 7.06. The first-order valence-electron chi connectivity index (χ1n) is 8.84. The molecule has 6 heteroatoms. The monoisotopic (exact) mass is 367 g/mol. The van der Waals surface area contributed by atoms with Gasteiger partial charge in [-0.3, -0.25) is 9.48 Å². The first-order chi connectivity index (χ1) is 13.1. The fraction of sp³-hybridized carbons (Fsp3) is 0.238. The van der Waals surface area contributed by atoms with E-state index in [2.05, 4.69) is 10.4 Å². The van der Waals surface area contributed by atoms with Crippen molar-refractivity contribution in [1.82, 2.24) is 15.1 Å². The van der Waals surface area contributed by atoms with Crippen LogP contribution in [0.4, 0.5) is 4.39 Å². The zero-order valence-electron chi connectivity index (χ0n) is 15.2. The van der Waals surface area contributed by atoms with Gasteiger partial charge in [0.2, 0.25) is 0 Å². The smallest absolute Gasteiger partial charge is 0.255 e. The molecule has 1 aromatic heterocycles. The molecule has 0 bridgehead atoms. The minimum Gasteiger partial charge on any atom is -0.488 e. The van der Waals surface area contributed by atoms with Gasteiger partial charge in [-0.25, -0.2) is 4.39 Å². The number of amides is 1. The van der Waals surface area contributed by atoms with E-state index in [1.54, 1.807) is 35.0 Å². The second kappa shape index (κ2) is 8.98. The molecule has 0 saturated carbocycles. The number of aromatic nitrogens is 2. The molecule has 0 unspecified atom stereocenters. The summed E-state index contributed by atoms with van der Waals surface area (Å²) in [5.74, 6) is 0.0484. The van der Waals surface area contributed by atoms with Crippen molar-refractivity contribution in [2.75, 3.05) is 6.54 Å². The topological polar surface area (TPSA) is 56.2 Å². The van der Waals surface area contributed by atoms with Crippen LogP contribution >= 0.6 is 0 Å². The summed E-state index contributed by atoms with van der Waals surface area (Å²) in [6.45, 7) is 0.839. The molecule has 0 radical (unpaired) electrons. The number of carbonyl (C=O) groups excluding carboxylic acids is 1. The van der Waals surface area contributed by atoms with Crippen molar-refractivity contribution >= 4 is 5.91 Å². The maximum absolute atomic E-state index is 13.0. The zero-order chi connectivity index (χ0) is 19.1. The van der Waals surface area contributed by atoms with E-state index in [0.717, 1.165) is 24.0 Å². The third-order valence-electron chi connectivity index (χ3n) is 4.13. The summed E-state index contributed by atoms with van der Waals surface area (Å²) in [4.78, 5) is 12.5. The van der Waals surface area contributed by atoms with Crippen LogP contribution in [0.3, 0.4) is 0 Å². The molecular weight excluding hydrogens is 345 g/mol. The predicted octanol–water partition coefficient (Wildman–Crippen LogP) is 3.50. The molecule has 0 saturated heterocycles. The number of halogens is 1. The maximum Gasteiger partial charge on any atom is 0.255 e. The quantitative estimate of drug-likeness (QED) is 0.620. The highest BCUT2D eigenvalue weighted by Crippen LogP contribution is 2.19. The van der Waals surface area contributed by atoms with Gasteiger partial charge < -0.3 is 10.1 Å². The number of nitrogens with one attached hydrogen (secondary N) is 1. The highest BCUT2D eigenvalue weighted by atomic mass is 19.1. The second-order valence-electron chi connectivity index (χ2n) is 6.29. The van der Waals surface area contributed by atoms with Crippen molar-refractivity contribution in [3.8, 4) is 5.75 Å². The molecule has 3 rings (SSSR count). The minimum absolute atomic E-state index is 0.170. The van der Waals surface area contributed by atoms with E-state index in [0.29, 0.717) is 17.9 Å². The molecule has 27 heavy (non-hydrogen) atoms. The third kappa shape index (κ3) is 5.41. The maximum atomic E-state index is 13.0. The molecule has 5 nitrogen and oxygen atoms in total. The van der Waals surface area contributed by atoms with E-state index >= 15 is 0 Å². The van der Waals surface area contributed by atoms with Crippen LogP contribution in [0.25, 0.3) is 0 Å². The largest absolute Gasteiger partial charge is 0.488 e. The van der Waals surface area contributed by atoms with Gasteiger partial charge in [0.25, 0.3) is 5.91 Å². The highest BCUT2D eigenvalue weighted by Gasteiger charge is 2.12. The Hall–Kier alpha value is -3.15. The molecule has 0 aliphatic rings. The van der Waals surface area contributed by atoms with Gasteiger partial charge in [-0.05, 0) is 48.2 Å². The van der Waals surface area contributed by atoms with Crippen LogP contribution in [-0.4, -0.2) is 22.2 Å². The van der Waals surface area contributed by atoms with Crippen molar-refractivity contribution in [2.24, 2.45) is 7.05 Å². The van der Waals surface area contributed by atoms with Gasteiger partial charge in [0.1, 0.15) is 18.2 Å². The lowest BCUT2D eigenvalue weighted by Crippen LogP contribution is -2.25. The van der Waals surface area contributed by atoms with Gasteiger partial charge in [-0.1, -0.05) is 24.3 Å². The fourth-order valence-corrected chi connectivity index (χ4v) is 2.71. The van der Waals surface area contributed by atoms with Crippen molar-refractivity contribution in [3.05, 3.63) is 83.4 Å². The third-order valence-corrected chi connectivity index (χ3v) is 4.13. The van der Waals surface area contributed by atoms with Gasteiger partial charge in [-0.2, -0.15) is 5.10 Å². The van der Waals surface area contributed by atoms with Crippen LogP contribution < -0.4 is 10.1 Å². The van der Waals surface area contributed by atoms with Gasteiger partial charge >= 0.3 is 0 Å². The summed E-state index contributed by atoms with van der Waals surface area (Å²) in [5.41, 5.74) is 2.47. The Labute approximate surface area is 157 Å². The molecule has 2 aromatic carbocycles. The Kier molecular flexibility index (Phi) is 6.20. The summed E-state index contributed by atoms with van der Waals surface area (Å²) in [7, 11) is 1.88. The summed E-state index contributed by atoms with van der Waals surface area (Å²) >= 11 is 0. The van der Waals surface area contributed by atoms with Gasteiger partial charge in [0.05, 0.1) is 11.8 Å². The summed E-state index contributed by atoms with van der Waals surface area (Å²) in [6, 6.07) is 13.2. The lowest BCUT2D eigenvalue weighted by atomic mass is 10.1.